The second-order valence-electron chi connectivity index (χ2n) is 7.48. The molecular weight excluding hydrogens is 418 g/mol. The zero-order valence-electron chi connectivity index (χ0n) is 17.9. The summed E-state index contributed by atoms with van der Waals surface area (Å²) in [4.78, 5) is 14.8. The molecule has 1 aliphatic heterocycles. The summed E-state index contributed by atoms with van der Waals surface area (Å²) in [6.07, 6.45) is 5.20. The van der Waals surface area contributed by atoms with Crippen molar-refractivity contribution in [3.63, 3.8) is 0 Å². The summed E-state index contributed by atoms with van der Waals surface area (Å²) in [6.45, 7) is 4.78. The van der Waals surface area contributed by atoms with Crippen LogP contribution in [-0.2, 0) is 14.8 Å². The Morgan fingerprint density at radius 3 is 2.55 bits per heavy atom. The van der Waals surface area contributed by atoms with E-state index in [1.807, 2.05) is 19.1 Å². The first-order chi connectivity index (χ1) is 15.0. The Morgan fingerprint density at radius 1 is 1.16 bits per heavy atom. The number of nitrogens with one attached hydrogen (secondary N) is 2. The quantitative estimate of drug-likeness (QED) is 0.547. The number of furan rings is 1. The lowest BCUT2D eigenvalue weighted by Gasteiger charge is -2.33. The van der Waals surface area contributed by atoms with Crippen LogP contribution in [0.1, 0.15) is 44.4 Å². The van der Waals surface area contributed by atoms with Gasteiger partial charge in [0.05, 0.1) is 23.8 Å². The van der Waals surface area contributed by atoms with Crippen LogP contribution in [0.5, 0.6) is 5.75 Å². The van der Waals surface area contributed by atoms with Gasteiger partial charge >= 0.3 is 0 Å². The zero-order valence-corrected chi connectivity index (χ0v) is 18.7. The van der Waals surface area contributed by atoms with E-state index in [1.54, 1.807) is 18.4 Å². The number of carbonyl (C=O) groups is 1. The van der Waals surface area contributed by atoms with E-state index in [4.69, 9.17) is 9.15 Å². The van der Waals surface area contributed by atoms with Crippen LogP contribution in [0.25, 0.3) is 0 Å². The molecule has 170 valence electrons. The van der Waals surface area contributed by atoms with Gasteiger partial charge in [0.15, 0.2) is 0 Å². The summed E-state index contributed by atoms with van der Waals surface area (Å²) in [7, 11) is -3.68. The van der Waals surface area contributed by atoms with Crippen LogP contribution < -0.4 is 14.8 Å². The standard InChI is InChI=1S/C22H31N3O5S/c1-2-29-18-8-10-19(11-9-18)31(27,28)24-13-12-22(26)23-17-20(21-7-6-16-30-21)25-14-4-3-5-15-25/h6-11,16,20,24H,2-5,12-15,17H2,1H3,(H,23,26)/t20-/m0/s1. The zero-order chi connectivity index (χ0) is 22.1. The number of nitrogens with zero attached hydrogens (tertiary/aromatic N) is 1. The number of piperidine rings is 1. The molecule has 1 atom stereocenters. The average molecular weight is 450 g/mol. The second kappa shape index (κ2) is 11.3. The van der Waals surface area contributed by atoms with E-state index in [0.29, 0.717) is 18.9 Å². The minimum atomic E-state index is -3.68. The van der Waals surface area contributed by atoms with Gasteiger partial charge in [-0.05, 0) is 69.3 Å². The fraction of sp³-hybridized carbons (Fsp3) is 0.500. The number of benzene rings is 1. The monoisotopic (exact) mass is 449 g/mol. The SMILES string of the molecule is CCOc1ccc(S(=O)(=O)NCCC(=O)NC[C@@H](c2ccco2)N2CCCCC2)cc1. The number of carbonyl (C=O) groups excluding carboxylic acids is 1. The van der Waals surface area contributed by atoms with E-state index in [2.05, 4.69) is 14.9 Å². The Labute approximate surface area is 184 Å². The van der Waals surface area contributed by atoms with Gasteiger partial charge in [0.1, 0.15) is 11.5 Å². The minimum Gasteiger partial charge on any atom is -0.494 e. The number of amides is 1. The van der Waals surface area contributed by atoms with E-state index in [-0.39, 0.29) is 29.8 Å². The molecule has 0 aliphatic carbocycles. The molecule has 2 heterocycles. The third-order valence-corrected chi connectivity index (χ3v) is 6.76. The highest BCUT2D eigenvalue weighted by Crippen LogP contribution is 2.24. The summed E-state index contributed by atoms with van der Waals surface area (Å²) in [5.74, 6) is 1.24. The number of likely N-dealkylation sites (tertiary alicyclic amines) is 1. The van der Waals surface area contributed by atoms with Gasteiger partial charge in [-0.25, -0.2) is 13.1 Å². The Morgan fingerprint density at radius 2 is 1.90 bits per heavy atom. The number of hydrogen-bond donors (Lipinski definition) is 2. The Hall–Kier alpha value is -2.36. The van der Waals surface area contributed by atoms with E-state index < -0.39 is 10.0 Å². The number of hydrogen-bond acceptors (Lipinski definition) is 6. The minimum absolute atomic E-state index is 0.0141. The van der Waals surface area contributed by atoms with Gasteiger partial charge in [-0.3, -0.25) is 9.69 Å². The van der Waals surface area contributed by atoms with Crippen molar-refractivity contribution in [1.82, 2.24) is 14.9 Å². The van der Waals surface area contributed by atoms with Crippen LogP contribution in [0.2, 0.25) is 0 Å². The molecular formula is C22H31N3O5S. The van der Waals surface area contributed by atoms with Gasteiger partial charge in [0, 0.05) is 19.5 Å². The first-order valence-corrected chi connectivity index (χ1v) is 12.2. The molecule has 0 spiro atoms. The summed E-state index contributed by atoms with van der Waals surface area (Å²) in [5.41, 5.74) is 0. The molecule has 2 N–H and O–H groups in total. The predicted octanol–water partition coefficient (Wildman–Crippen LogP) is 2.69. The maximum Gasteiger partial charge on any atom is 0.240 e. The molecule has 1 fully saturated rings. The maximum atomic E-state index is 12.4. The lowest BCUT2D eigenvalue weighted by molar-refractivity contribution is -0.121. The van der Waals surface area contributed by atoms with Crippen molar-refractivity contribution in [2.45, 2.75) is 43.5 Å². The van der Waals surface area contributed by atoms with Crippen LogP contribution in [-0.4, -0.2) is 52.0 Å². The van der Waals surface area contributed by atoms with Gasteiger partial charge in [-0.2, -0.15) is 0 Å². The molecule has 2 aromatic rings. The molecule has 1 aliphatic rings. The molecule has 0 bridgehead atoms. The van der Waals surface area contributed by atoms with Gasteiger partial charge in [0.25, 0.3) is 0 Å². The van der Waals surface area contributed by atoms with Crippen molar-refractivity contribution < 1.29 is 22.4 Å². The lowest BCUT2D eigenvalue weighted by atomic mass is 10.1. The Bertz CT molecular complexity index is 907. The van der Waals surface area contributed by atoms with E-state index in [0.717, 1.165) is 31.7 Å². The van der Waals surface area contributed by atoms with Gasteiger partial charge in [-0.1, -0.05) is 6.42 Å². The molecule has 1 aromatic carbocycles. The molecule has 31 heavy (non-hydrogen) atoms. The van der Waals surface area contributed by atoms with E-state index in [9.17, 15) is 13.2 Å². The van der Waals surface area contributed by atoms with Crippen LogP contribution in [0.4, 0.5) is 0 Å². The maximum absolute atomic E-state index is 12.4. The van der Waals surface area contributed by atoms with Crippen molar-refractivity contribution in [1.29, 1.82) is 0 Å². The number of ether oxygens (including phenoxy) is 1. The van der Waals surface area contributed by atoms with Crippen molar-refractivity contribution in [3.8, 4) is 5.75 Å². The molecule has 1 amide bonds. The molecule has 1 aromatic heterocycles. The molecule has 1 saturated heterocycles. The van der Waals surface area contributed by atoms with E-state index in [1.165, 1.54) is 18.6 Å². The largest absolute Gasteiger partial charge is 0.494 e. The van der Waals surface area contributed by atoms with Crippen LogP contribution >= 0.6 is 0 Å². The molecule has 8 nitrogen and oxygen atoms in total. The highest BCUT2D eigenvalue weighted by Gasteiger charge is 2.25. The van der Waals surface area contributed by atoms with Crippen LogP contribution in [0, 0.1) is 0 Å². The summed E-state index contributed by atoms with van der Waals surface area (Å²) >= 11 is 0. The fourth-order valence-electron chi connectivity index (χ4n) is 3.68. The topological polar surface area (TPSA) is 101 Å². The van der Waals surface area contributed by atoms with Crippen LogP contribution in [0.3, 0.4) is 0 Å². The predicted molar refractivity (Wildman–Crippen MR) is 117 cm³/mol. The van der Waals surface area contributed by atoms with Crippen molar-refractivity contribution in [2.75, 3.05) is 32.8 Å². The first kappa shape index (κ1) is 23.3. The Balaban J connectivity index is 1.47. The van der Waals surface area contributed by atoms with Gasteiger partial charge in [0.2, 0.25) is 15.9 Å². The van der Waals surface area contributed by atoms with Crippen molar-refractivity contribution >= 4 is 15.9 Å². The fourth-order valence-corrected chi connectivity index (χ4v) is 4.72. The lowest BCUT2D eigenvalue weighted by Crippen LogP contribution is -2.41. The van der Waals surface area contributed by atoms with Crippen LogP contribution in [0.15, 0.2) is 52.0 Å². The molecule has 9 heteroatoms. The third-order valence-electron chi connectivity index (χ3n) is 5.28. The van der Waals surface area contributed by atoms with E-state index >= 15 is 0 Å². The normalized spacial score (nSPS) is 16.0. The summed E-state index contributed by atoms with van der Waals surface area (Å²) in [6, 6.07) is 9.96. The highest BCUT2D eigenvalue weighted by molar-refractivity contribution is 7.89. The van der Waals surface area contributed by atoms with Gasteiger partial charge < -0.3 is 14.5 Å². The molecule has 0 radical (unpaired) electrons. The molecule has 0 unspecified atom stereocenters. The van der Waals surface area contributed by atoms with Gasteiger partial charge in [-0.15, -0.1) is 0 Å². The molecule has 3 rings (SSSR count). The average Bonchev–Trinajstić information content (AvgIpc) is 3.30. The second-order valence-corrected chi connectivity index (χ2v) is 9.25. The summed E-state index contributed by atoms with van der Waals surface area (Å²) < 4.78 is 38.2. The first-order valence-electron chi connectivity index (χ1n) is 10.8. The number of sulfonamides is 1. The van der Waals surface area contributed by atoms with Crippen molar-refractivity contribution in [2.24, 2.45) is 0 Å². The third kappa shape index (κ3) is 6.81. The number of rotatable bonds is 11. The molecule has 0 saturated carbocycles. The highest BCUT2D eigenvalue weighted by atomic mass is 32.2. The summed E-state index contributed by atoms with van der Waals surface area (Å²) in [5, 5.41) is 2.92. The van der Waals surface area contributed by atoms with Crippen molar-refractivity contribution in [3.05, 3.63) is 48.4 Å². The smallest absolute Gasteiger partial charge is 0.240 e. The Kier molecular flexibility index (Phi) is 8.51.